The zero-order valence-electron chi connectivity index (χ0n) is 12.7. The van der Waals surface area contributed by atoms with Gasteiger partial charge in [0.25, 0.3) is 0 Å². The van der Waals surface area contributed by atoms with Crippen LogP contribution in [0.3, 0.4) is 0 Å². The SMILES string of the molecule is Cc1nnc(C(C)Nc2nccc(NC3CCCOC3)n2)s1. The van der Waals surface area contributed by atoms with Crippen LogP contribution in [0.2, 0.25) is 0 Å². The molecular weight excluding hydrogens is 300 g/mol. The van der Waals surface area contributed by atoms with Crippen molar-refractivity contribution in [1.82, 2.24) is 20.2 Å². The van der Waals surface area contributed by atoms with Crippen LogP contribution in [0, 0.1) is 6.92 Å². The van der Waals surface area contributed by atoms with Crippen LogP contribution in [0.5, 0.6) is 0 Å². The number of hydrogen-bond acceptors (Lipinski definition) is 8. The van der Waals surface area contributed by atoms with Gasteiger partial charge in [0.15, 0.2) is 0 Å². The molecule has 1 fully saturated rings. The number of rotatable bonds is 5. The first-order valence-corrected chi connectivity index (χ1v) is 8.26. The van der Waals surface area contributed by atoms with Gasteiger partial charge in [0.1, 0.15) is 15.8 Å². The minimum Gasteiger partial charge on any atom is -0.379 e. The maximum Gasteiger partial charge on any atom is 0.225 e. The van der Waals surface area contributed by atoms with Crippen molar-refractivity contribution in [2.45, 2.75) is 38.8 Å². The molecule has 0 saturated carbocycles. The summed E-state index contributed by atoms with van der Waals surface area (Å²) in [7, 11) is 0. The second-order valence-corrected chi connectivity index (χ2v) is 6.56. The Morgan fingerprint density at radius 2 is 2.32 bits per heavy atom. The van der Waals surface area contributed by atoms with Crippen LogP contribution in [0.25, 0.3) is 0 Å². The molecule has 8 heteroatoms. The van der Waals surface area contributed by atoms with Crippen LogP contribution in [-0.2, 0) is 4.74 Å². The van der Waals surface area contributed by atoms with Gasteiger partial charge in [-0.05, 0) is 32.8 Å². The first-order valence-electron chi connectivity index (χ1n) is 7.44. The Morgan fingerprint density at radius 3 is 3.05 bits per heavy atom. The fourth-order valence-corrected chi connectivity index (χ4v) is 3.02. The Balaban J connectivity index is 1.63. The summed E-state index contributed by atoms with van der Waals surface area (Å²) in [5.74, 6) is 1.40. The molecule has 22 heavy (non-hydrogen) atoms. The molecule has 0 spiro atoms. The highest BCUT2D eigenvalue weighted by Gasteiger charge is 2.15. The molecule has 1 aliphatic heterocycles. The molecule has 2 aromatic heterocycles. The lowest BCUT2D eigenvalue weighted by atomic mass is 10.1. The maximum atomic E-state index is 5.47. The Bertz CT molecular complexity index is 613. The van der Waals surface area contributed by atoms with Crippen molar-refractivity contribution in [2.24, 2.45) is 0 Å². The summed E-state index contributed by atoms with van der Waals surface area (Å²) in [6, 6.07) is 2.22. The molecule has 0 aromatic carbocycles. The van der Waals surface area contributed by atoms with Crippen LogP contribution in [-0.4, -0.2) is 39.4 Å². The van der Waals surface area contributed by atoms with E-state index < -0.39 is 0 Å². The summed E-state index contributed by atoms with van der Waals surface area (Å²) in [6.07, 6.45) is 3.94. The minimum atomic E-state index is 0.0273. The normalized spacial score (nSPS) is 19.6. The minimum absolute atomic E-state index is 0.0273. The van der Waals surface area contributed by atoms with Crippen LogP contribution >= 0.6 is 11.3 Å². The first kappa shape index (κ1) is 15.1. The zero-order valence-corrected chi connectivity index (χ0v) is 13.6. The Kier molecular flexibility index (Phi) is 4.79. The van der Waals surface area contributed by atoms with E-state index in [0.717, 1.165) is 41.9 Å². The number of hydrogen-bond donors (Lipinski definition) is 2. The predicted octanol–water partition coefficient (Wildman–Crippen LogP) is 2.40. The Morgan fingerprint density at radius 1 is 1.41 bits per heavy atom. The molecule has 0 bridgehead atoms. The third kappa shape index (κ3) is 3.89. The summed E-state index contributed by atoms with van der Waals surface area (Å²) in [5.41, 5.74) is 0. The molecule has 1 saturated heterocycles. The second-order valence-electron chi connectivity index (χ2n) is 5.35. The van der Waals surface area contributed by atoms with E-state index in [-0.39, 0.29) is 6.04 Å². The second kappa shape index (κ2) is 6.97. The molecule has 2 N–H and O–H groups in total. The van der Waals surface area contributed by atoms with Gasteiger partial charge in [-0.25, -0.2) is 4.98 Å². The van der Waals surface area contributed by atoms with E-state index in [1.54, 1.807) is 17.5 Å². The molecule has 1 aliphatic rings. The van der Waals surface area contributed by atoms with Gasteiger partial charge < -0.3 is 15.4 Å². The predicted molar refractivity (Wildman–Crippen MR) is 86.2 cm³/mol. The van der Waals surface area contributed by atoms with E-state index >= 15 is 0 Å². The van der Waals surface area contributed by atoms with Crippen LogP contribution < -0.4 is 10.6 Å². The standard InChI is InChI=1S/C14H20N6OS/c1-9(13-20-19-10(2)22-13)16-14-15-6-5-12(18-14)17-11-4-3-7-21-8-11/h5-6,9,11H,3-4,7-8H2,1-2H3,(H2,15,16,17,18). The molecule has 7 nitrogen and oxygen atoms in total. The van der Waals surface area contributed by atoms with Crippen molar-refractivity contribution in [3.8, 4) is 0 Å². The Labute approximate surface area is 133 Å². The van der Waals surface area contributed by atoms with E-state index in [2.05, 4.69) is 30.8 Å². The van der Waals surface area contributed by atoms with E-state index in [0.29, 0.717) is 12.0 Å². The van der Waals surface area contributed by atoms with Crippen LogP contribution in [0.1, 0.15) is 35.8 Å². The molecule has 0 radical (unpaired) electrons. The molecule has 0 aliphatic carbocycles. The lowest BCUT2D eigenvalue weighted by Crippen LogP contribution is -2.30. The quantitative estimate of drug-likeness (QED) is 0.875. The molecular formula is C14H20N6OS. The van der Waals surface area contributed by atoms with Gasteiger partial charge in [-0.3, -0.25) is 0 Å². The van der Waals surface area contributed by atoms with Gasteiger partial charge in [0, 0.05) is 12.8 Å². The smallest absolute Gasteiger partial charge is 0.225 e. The molecule has 0 amide bonds. The van der Waals surface area contributed by atoms with Crippen molar-refractivity contribution in [1.29, 1.82) is 0 Å². The van der Waals surface area contributed by atoms with Crippen LogP contribution in [0.4, 0.5) is 11.8 Å². The van der Waals surface area contributed by atoms with Gasteiger partial charge in [-0.15, -0.1) is 10.2 Å². The van der Waals surface area contributed by atoms with E-state index in [4.69, 9.17) is 4.74 Å². The van der Waals surface area contributed by atoms with Gasteiger partial charge in [-0.2, -0.15) is 4.98 Å². The van der Waals surface area contributed by atoms with E-state index in [9.17, 15) is 0 Å². The fraction of sp³-hybridized carbons (Fsp3) is 0.571. The highest BCUT2D eigenvalue weighted by Crippen LogP contribution is 2.21. The highest BCUT2D eigenvalue weighted by molar-refractivity contribution is 7.11. The average Bonchev–Trinajstić information content (AvgIpc) is 2.95. The number of ether oxygens (including phenoxy) is 1. The largest absolute Gasteiger partial charge is 0.379 e. The van der Waals surface area contributed by atoms with Crippen molar-refractivity contribution < 1.29 is 4.74 Å². The summed E-state index contributed by atoms with van der Waals surface area (Å²) < 4.78 is 5.47. The topological polar surface area (TPSA) is 84.9 Å². The van der Waals surface area contributed by atoms with Crippen molar-refractivity contribution in [3.05, 3.63) is 22.3 Å². The molecule has 2 unspecified atom stereocenters. The summed E-state index contributed by atoms with van der Waals surface area (Å²) in [6.45, 7) is 5.56. The number of nitrogens with one attached hydrogen (secondary N) is 2. The molecule has 2 aromatic rings. The number of aryl methyl sites for hydroxylation is 1. The van der Waals surface area contributed by atoms with Crippen molar-refractivity contribution in [2.75, 3.05) is 23.8 Å². The van der Waals surface area contributed by atoms with Gasteiger partial charge in [0.2, 0.25) is 5.95 Å². The zero-order chi connectivity index (χ0) is 15.4. The highest BCUT2D eigenvalue weighted by atomic mass is 32.1. The maximum absolute atomic E-state index is 5.47. The fourth-order valence-electron chi connectivity index (χ4n) is 2.31. The summed E-state index contributed by atoms with van der Waals surface area (Å²) >= 11 is 1.58. The van der Waals surface area contributed by atoms with E-state index in [1.165, 1.54) is 0 Å². The van der Waals surface area contributed by atoms with Gasteiger partial charge in [0.05, 0.1) is 18.7 Å². The molecule has 2 atom stereocenters. The van der Waals surface area contributed by atoms with Gasteiger partial charge >= 0.3 is 0 Å². The third-order valence-corrected chi connectivity index (χ3v) is 4.45. The van der Waals surface area contributed by atoms with Crippen molar-refractivity contribution in [3.63, 3.8) is 0 Å². The first-order chi connectivity index (χ1) is 10.7. The molecule has 3 heterocycles. The molecule has 3 rings (SSSR count). The summed E-state index contributed by atoms with van der Waals surface area (Å²) in [5, 5.41) is 16.7. The lowest BCUT2D eigenvalue weighted by molar-refractivity contribution is 0.0875. The number of nitrogens with zero attached hydrogens (tertiary/aromatic N) is 4. The number of anilines is 2. The lowest BCUT2D eigenvalue weighted by Gasteiger charge is -2.23. The molecule has 118 valence electrons. The average molecular weight is 320 g/mol. The monoisotopic (exact) mass is 320 g/mol. The van der Waals surface area contributed by atoms with Crippen LogP contribution in [0.15, 0.2) is 12.3 Å². The Hall–Kier alpha value is -1.80. The summed E-state index contributed by atoms with van der Waals surface area (Å²) in [4.78, 5) is 8.77. The van der Waals surface area contributed by atoms with E-state index in [1.807, 2.05) is 19.9 Å². The number of aromatic nitrogens is 4. The third-order valence-electron chi connectivity index (χ3n) is 3.43. The van der Waals surface area contributed by atoms with Crippen molar-refractivity contribution >= 4 is 23.1 Å². The van der Waals surface area contributed by atoms with Gasteiger partial charge in [-0.1, -0.05) is 11.3 Å².